The van der Waals surface area contributed by atoms with Crippen LogP contribution in [0.3, 0.4) is 0 Å². The molecule has 1 aliphatic rings. The van der Waals surface area contributed by atoms with Crippen molar-refractivity contribution in [2.75, 3.05) is 29.9 Å². The van der Waals surface area contributed by atoms with E-state index in [0.29, 0.717) is 12.2 Å². The van der Waals surface area contributed by atoms with Gasteiger partial charge >= 0.3 is 5.97 Å². The number of nitrogens with zero attached hydrogens (tertiary/aromatic N) is 1. The maximum atomic E-state index is 13.0. The average Bonchev–Trinajstić information content (AvgIpc) is 2.73. The second-order valence-corrected chi connectivity index (χ2v) is 7.37. The highest BCUT2D eigenvalue weighted by atomic mass is 19.3. The Morgan fingerprint density at radius 1 is 1.26 bits per heavy atom. The zero-order valence-electron chi connectivity index (χ0n) is 17.1. The molecule has 2 atom stereocenters. The number of para-hydroxylation sites is 1. The Balaban J connectivity index is 1.79. The standard InChI is InChI=1S/C22H25F2N3O4/c1-14-13-27(10-9-25-14)15-7-8-18(17(11-15)22(29)30)26-21(28)19(12-20(23)24)31-16-5-3-2-4-6-16/h2-8,11,14,19-20,25H,9-10,12-13H2,1H3,(H,26,28)(H,29,30)/t14-,19-/m0/s1. The lowest BCUT2D eigenvalue weighted by molar-refractivity contribution is -0.124. The molecule has 0 spiro atoms. The second-order valence-electron chi connectivity index (χ2n) is 7.37. The van der Waals surface area contributed by atoms with Crippen molar-refractivity contribution in [1.29, 1.82) is 0 Å². The van der Waals surface area contributed by atoms with Crippen LogP contribution in [0.5, 0.6) is 5.75 Å². The number of benzene rings is 2. The van der Waals surface area contributed by atoms with Crippen molar-refractivity contribution in [3.05, 3.63) is 54.1 Å². The Kier molecular flexibility index (Phi) is 7.41. The number of carbonyl (C=O) groups excluding carboxylic acids is 1. The quantitative estimate of drug-likeness (QED) is 0.592. The Hall–Kier alpha value is -3.20. The number of piperazine rings is 1. The van der Waals surface area contributed by atoms with Crippen molar-refractivity contribution in [2.45, 2.75) is 31.9 Å². The van der Waals surface area contributed by atoms with Crippen LogP contribution in [-0.2, 0) is 4.79 Å². The van der Waals surface area contributed by atoms with Crippen molar-refractivity contribution < 1.29 is 28.2 Å². The highest BCUT2D eigenvalue weighted by Crippen LogP contribution is 2.25. The fourth-order valence-electron chi connectivity index (χ4n) is 3.43. The number of alkyl halides is 2. The fourth-order valence-corrected chi connectivity index (χ4v) is 3.43. The normalized spacial score (nSPS) is 17.3. The smallest absolute Gasteiger partial charge is 0.337 e. The van der Waals surface area contributed by atoms with E-state index in [1.807, 2.05) is 6.92 Å². The Bertz CT molecular complexity index is 911. The first-order chi connectivity index (χ1) is 14.8. The Morgan fingerprint density at radius 3 is 2.65 bits per heavy atom. The van der Waals surface area contributed by atoms with E-state index in [2.05, 4.69) is 15.5 Å². The van der Waals surface area contributed by atoms with Gasteiger partial charge in [0, 0.05) is 31.4 Å². The third kappa shape index (κ3) is 6.14. The van der Waals surface area contributed by atoms with Gasteiger partial charge in [-0.2, -0.15) is 0 Å². The molecule has 0 bridgehead atoms. The molecule has 2 aromatic carbocycles. The van der Waals surface area contributed by atoms with E-state index in [9.17, 15) is 23.5 Å². The molecule has 0 unspecified atom stereocenters. The van der Waals surface area contributed by atoms with Crippen LogP contribution in [0, 0.1) is 0 Å². The zero-order chi connectivity index (χ0) is 22.4. The molecule has 1 fully saturated rings. The molecule has 9 heteroatoms. The molecule has 1 saturated heterocycles. The van der Waals surface area contributed by atoms with Gasteiger partial charge < -0.3 is 25.4 Å². The molecule has 166 valence electrons. The topological polar surface area (TPSA) is 90.9 Å². The van der Waals surface area contributed by atoms with Gasteiger partial charge in [0.2, 0.25) is 6.43 Å². The predicted molar refractivity (Wildman–Crippen MR) is 113 cm³/mol. The van der Waals surface area contributed by atoms with Crippen LogP contribution >= 0.6 is 0 Å². The van der Waals surface area contributed by atoms with Gasteiger partial charge in [0.05, 0.1) is 17.7 Å². The van der Waals surface area contributed by atoms with Gasteiger partial charge in [-0.1, -0.05) is 18.2 Å². The van der Waals surface area contributed by atoms with Crippen molar-refractivity contribution in [3.63, 3.8) is 0 Å². The minimum absolute atomic E-state index is 0.0281. The fraction of sp³-hybridized carbons (Fsp3) is 0.364. The molecule has 0 radical (unpaired) electrons. The number of amides is 1. The van der Waals surface area contributed by atoms with Gasteiger partial charge in [0.15, 0.2) is 6.10 Å². The minimum atomic E-state index is -2.77. The molecule has 2 aromatic rings. The Labute approximate surface area is 179 Å². The van der Waals surface area contributed by atoms with E-state index < -0.39 is 30.8 Å². The lowest BCUT2D eigenvalue weighted by Gasteiger charge is -2.34. The molecular formula is C22H25F2N3O4. The van der Waals surface area contributed by atoms with Gasteiger partial charge in [-0.25, -0.2) is 13.6 Å². The number of carbonyl (C=O) groups is 2. The maximum absolute atomic E-state index is 13.0. The van der Waals surface area contributed by atoms with Crippen LogP contribution in [-0.4, -0.2) is 55.2 Å². The summed E-state index contributed by atoms with van der Waals surface area (Å²) in [6, 6.07) is 13.1. The summed E-state index contributed by atoms with van der Waals surface area (Å²) in [5.41, 5.74) is 0.626. The number of halogens is 2. The number of hydrogen-bond donors (Lipinski definition) is 3. The summed E-state index contributed by atoms with van der Waals surface area (Å²) in [4.78, 5) is 26.5. The number of rotatable bonds is 8. The number of hydrogen-bond acceptors (Lipinski definition) is 5. The summed E-state index contributed by atoms with van der Waals surface area (Å²) in [5.74, 6) is -1.80. The van der Waals surface area contributed by atoms with Gasteiger partial charge in [0.1, 0.15) is 5.75 Å². The lowest BCUT2D eigenvalue weighted by Crippen LogP contribution is -2.49. The van der Waals surface area contributed by atoms with Crippen LogP contribution in [0.15, 0.2) is 48.5 Å². The van der Waals surface area contributed by atoms with Crippen LogP contribution in [0.4, 0.5) is 20.2 Å². The van der Waals surface area contributed by atoms with E-state index in [4.69, 9.17) is 4.74 Å². The van der Waals surface area contributed by atoms with Crippen LogP contribution in [0.25, 0.3) is 0 Å². The van der Waals surface area contributed by atoms with Crippen molar-refractivity contribution >= 4 is 23.3 Å². The number of anilines is 2. The molecule has 31 heavy (non-hydrogen) atoms. The van der Waals surface area contributed by atoms with E-state index in [1.54, 1.807) is 36.4 Å². The molecule has 1 amide bonds. The number of aromatic carboxylic acids is 1. The van der Waals surface area contributed by atoms with Crippen LogP contribution in [0.2, 0.25) is 0 Å². The zero-order valence-corrected chi connectivity index (χ0v) is 17.1. The molecule has 1 heterocycles. The molecule has 0 aromatic heterocycles. The number of carboxylic acids is 1. The van der Waals surface area contributed by atoms with Gasteiger partial charge in [0.25, 0.3) is 5.91 Å². The molecule has 0 saturated carbocycles. The van der Waals surface area contributed by atoms with Crippen LogP contribution in [0.1, 0.15) is 23.7 Å². The third-order valence-corrected chi connectivity index (χ3v) is 4.93. The van der Waals surface area contributed by atoms with Gasteiger partial charge in [-0.05, 0) is 37.3 Å². The molecule has 7 nitrogen and oxygen atoms in total. The highest BCUT2D eigenvalue weighted by molar-refractivity contribution is 6.02. The maximum Gasteiger partial charge on any atom is 0.337 e. The van der Waals surface area contributed by atoms with E-state index in [1.165, 1.54) is 12.1 Å². The molecule has 1 aliphatic heterocycles. The SMILES string of the molecule is C[C@H]1CN(c2ccc(NC(=O)[C@H](CC(F)F)Oc3ccccc3)c(C(=O)O)c2)CCN1. The van der Waals surface area contributed by atoms with Gasteiger partial charge in [-0.15, -0.1) is 0 Å². The lowest BCUT2D eigenvalue weighted by atomic mass is 10.1. The van der Waals surface area contributed by atoms with Crippen molar-refractivity contribution in [1.82, 2.24) is 5.32 Å². The Morgan fingerprint density at radius 2 is 2.00 bits per heavy atom. The molecule has 0 aliphatic carbocycles. The molecular weight excluding hydrogens is 408 g/mol. The minimum Gasteiger partial charge on any atom is -0.480 e. The number of nitrogens with one attached hydrogen (secondary N) is 2. The summed E-state index contributed by atoms with van der Waals surface area (Å²) in [6.45, 7) is 4.24. The molecule has 3 rings (SSSR count). The monoisotopic (exact) mass is 433 g/mol. The van der Waals surface area contributed by atoms with Crippen molar-refractivity contribution in [3.8, 4) is 5.75 Å². The van der Waals surface area contributed by atoms with Crippen molar-refractivity contribution in [2.24, 2.45) is 0 Å². The molecule has 3 N–H and O–H groups in total. The second kappa shape index (κ2) is 10.2. The largest absolute Gasteiger partial charge is 0.480 e. The predicted octanol–water partition coefficient (Wildman–Crippen LogP) is 3.22. The average molecular weight is 433 g/mol. The van der Waals surface area contributed by atoms with Gasteiger partial charge in [-0.3, -0.25) is 4.79 Å². The summed E-state index contributed by atoms with van der Waals surface area (Å²) < 4.78 is 31.5. The highest BCUT2D eigenvalue weighted by Gasteiger charge is 2.27. The number of carboxylic acid groups (broad SMARTS) is 1. The van der Waals surface area contributed by atoms with E-state index in [0.717, 1.165) is 13.1 Å². The number of ether oxygens (including phenoxy) is 1. The summed E-state index contributed by atoms with van der Waals surface area (Å²) >= 11 is 0. The summed E-state index contributed by atoms with van der Waals surface area (Å²) in [7, 11) is 0. The first kappa shape index (κ1) is 22.5. The first-order valence-corrected chi connectivity index (χ1v) is 10.00. The summed E-state index contributed by atoms with van der Waals surface area (Å²) in [5, 5.41) is 15.4. The van der Waals surface area contributed by atoms with E-state index >= 15 is 0 Å². The third-order valence-electron chi connectivity index (χ3n) is 4.93. The van der Waals surface area contributed by atoms with E-state index in [-0.39, 0.29) is 23.0 Å². The first-order valence-electron chi connectivity index (χ1n) is 10.00. The van der Waals surface area contributed by atoms with Crippen LogP contribution < -0.4 is 20.3 Å². The summed E-state index contributed by atoms with van der Waals surface area (Å²) in [6.07, 6.45) is -5.06.